The fraction of sp³-hybridized carbons (Fsp3) is 0.588. The number of benzene rings is 1. The molecule has 0 spiro atoms. The van der Waals surface area contributed by atoms with E-state index in [0.717, 1.165) is 0 Å². The van der Waals surface area contributed by atoms with E-state index in [1.165, 1.54) is 5.56 Å². The Morgan fingerprint density at radius 2 is 1.81 bits per heavy atom. The Bertz CT molecular complexity index is 441. The third kappa shape index (κ3) is 4.55. The van der Waals surface area contributed by atoms with Crippen molar-refractivity contribution in [2.24, 2.45) is 11.8 Å². The van der Waals surface area contributed by atoms with Crippen molar-refractivity contribution in [3.05, 3.63) is 35.9 Å². The highest BCUT2D eigenvalue weighted by molar-refractivity contribution is 5.78. The van der Waals surface area contributed by atoms with Crippen molar-refractivity contribution in [3.8, 4) is 0 Å². The maximum atomic E-state index is 12.3. The van der Waals surface area contributed by atoms with Crippen LogP contribution < -0.4 is 5.32 Å². The van der Waals surface area contributed by atoms with Gasteiger partial charge in [0.15, 0.2) is 6.29 Å². The van der Waals surface area contributed by atoms with Gasteiger partial charge in [-0.25, -0.2) is 0 Å². The molecular weight excluding hydrogens is 266 g/mol. The van der Waals surface area contributed by atoms with Crippen LogP contribution in [0.3, 0.4) is 0 Å². The molecule has 116 valence electrons. The summed E-state index contributed by atoms with van der Waals surface area (Å²) in [7, 11) is 0. The lowest BCUT2D eigenvalue weighted by Crippen LogP contribution is -2.47. The Balaban J connectivity index is 2.03. The van der Waals surface area contributed by atoms with Gasteiger partial charge in [-0.1, -0.05) is 51.1 Å². The van der Waals surface area contributed by atoms with Gasteiger partial charge >= 0.3 is 0 Å². The number of ether oxygens (including phenoxy) is 2. The molecule has 1 N–H and O–H groups in total. The monoisotopic (exact) mass is 291 g/mol. The summed E-state index contributed by atoms with van der Waals surface area (Å²) in [4.78, 5) is 12.3. The second-order valence-corrected chi connectivity index (χ2v) is 5.95. The molecule has 1 aliphatic heterocycles. The van der Waals surface area contributed by atoms with Crippen LogP contribution in [-0.2, 0) is 20.7 Å². The highest BCUT2D eigenvalue weighted by Crippen LogP contribution is 2.16. The second kappa shape index (κ2) is 7.57. The van der Waals surface area contributed by atoms with E-state index in [-0.39, 0.29) is 24.2 Å². The molecule has 1 heterocycles. The fourth-order valence-corrected chi connectivity index (χ4v) is 2.31. The summed E-state index contributed by atoms with van der Waals surface area (Å²) in [6.45, 7) is 7.24. The first-order chi connectivity index (χ1) is 10.1. The molecule has 0 radical (unpaired) electrons. The van der Waals surface area contributed by atoms with Gasteiger partial charge in [0, 0.05) is 5.92 Å². The number of carbonyl (C=O) groups is 1. The SMILES string of the molecule is CC(C)[C@H](C)C(=O)NC(Cc1ccccc1)C1OCCO1. The van der Waals surface area contributed by atoms with Crippen LogP contribution >= 0.6 is 0 Å². The van der Waals surface area contributed by atoms with Crippen LogP contribution in [0.5, 0.6) is 0 Å². The van der Waals surface area contributed by atoms with Gasteiger partial charge in [-0.15, -0.1) is 0 Å². The molecule has 1 aliphatic rings. The number of hydrogen-bond donors (Lipinski definition) is 1. The first kappa shape index (κ1) is 16.0. The van der Waals surface area contributed by atoms with E-state index in [1.807, 2.05) is 25.1 Å². The molecule has 21 heavy (non-hydrogen) atoms. The van der Waals surface area contributed by atoms with Crippen molar-refractivity contribution < 1.29 is 14.3 Å². The smallest absolute Gasteiger partial charge is 0.223 e. The molecule has 1 fully saturated rings. The zero-order valence-corrected chi connectivity index (χ0v) is 13.0. The molecule has 0 aromatic heterocycles. The normalized spacial score (nSPS) is 18.7. The molecule has 0 saturated carbocycles. The Morgan fingerprint density at radius 3 is 2.38 bits per heavy atom. The summed E-state index contributed by atoms with van der Waals surface area (Å²) in [5.41, 5.74) is 1.17. The maximum absolute atomic E-state index is 12.3. The molecule has 1 aromatic carbocycles. The largest absolute Gasteiger partial charge is 0.348 e. The lowest BCUT2D eigenvalue weighted by atomic mass is 9.96. The average molecular weight is 291 g/mol. The minimum absolute atomic E-state index is 0.0234. The van der Waals surface area contributed by atoms with E-state index in [9.17, 15) is 4.79 Å². The Labute approximate surface area is 126 Å². The third-order valence-electron chi connectivity index (χ3n) is 4.02. The standard InChI is InChI=1S/C17H25NO3/c1-12(2)13(3)16(19)18-15(17-20-9-10-21-17)11-14-7-5-4-6-8-14/h4-8,12-13,15,17H,9-11H2,1-3H3,(H,18,19)/t13-,15?/m0/s1. The van der Waals surface area contributed by atoms with Crippen molar-refractivity contribution >= 4 is 5.91 Å². The number of rotatable bonds is 6. The van der Waals surface area contributed by atoms with E-state index in [1.54, 1.807) is 0 Å². The summed E-state index contributed by atoms with van der Waals surface area (Å²) in [5.74, 6) is 0.350. The first-order valence-corrected chi connectivity index (χ1v) is 7.65. The van der Waals surface area contributed by atoms with Crippen LogP contribution in [0.1, 0.15) is 26.3 Å². The minimum Gasteiger partial charge on any atom is -0.348 e. The molecule has 1 amide bonds. The molecule has 0 bridgehead atoms. The van der Waals surface area contributed by atoms with Crippen molar-refractivity contribution in [3.63, 3.8) is 0 Å². The van der Waals surface area contributed by atoms with Crippen LogP contribution in [-0.4, -0.2) is 31.5 Å². The predicted molar refractivity (Wildman–Crippen MR) is 81.8 cm³/mol. The van der Waals surface area contributed by atoms with Gasteiger partial charge in [0.1, 0.15) is 0 Å². The third-order valence-corrected chi connectivity index (χ3v) is 4.02. The molecule has 0 aliphatic carbocycles. The van der Waals surface area contributed by atoms with Crippen LogP contribution in [0.4, 0.5) is 0 Å². The van der Waals surface area contributed by atoms with Gasteiger partial charge in [0.25, 0.3) is 0 Å². The van der Waals surface area contributed by atoms with Crippen molar-refractivity contribution in [2.75, 3.05) is 13.2 Å². The molecule has 1 saturated heterocycles. The summed E-state index contributed by atoms with van der Waals surface area (Å²) >= 11 is 0. The fourth-order valence-electron chi connectivity index (χ4n) is 2.31. The van der Waals surface area contributed by atoms with E-state index in [4.69, 9.17) is 9.47 Å². The summed E-state index contributed by atoms with van der Waals surface area (Å²) in [5, 5.41) is 3.10. The second-order valence-electron chi connectivity index (χ2n) is 5.95. The lowest BCUT2D eigenvalue weighted by molar-refractivity contribution is -0.131. The zero-order chi connectivity index (χ0) is 15.2. The van der Waals surface area contributed by atoms with Crippen molar-refractivity contribution in [1.82, 2.24) is 5.32 Å². The van der Waals surface area contributed by atoms with Crippen LogP contribution in [0.15, 0.2) is 30.3 Å². The van der Waals surface area contributed by atoms with Gasteiger partial charge in [-0.05, 0) is 17.9 Å². The molecule has 2 atom stereocenters. The van der Waals surface area contributed by atoms with Crippen molar-refractivity contribution in [2.45, 2.75) is 39.5 Å². The first-order valence-electron chi connectivity index (χ1n) is 7.65. The molecule has 2 rings (SSSR count). The minimum atomic E-state index is -0.353. The highest BCUT2D eigenvalue weighted by Gasteiger charge is 2.30. The highest BCUT2D eigenvalue weighted by atomic mass is 16.7. The zero-order valence-electron chi connectivity index (χ0n) is 13.0. The molecule has 1 aromatic rings. The molecule has 1 unspecified atom stereocenters. The quantitative estimate of drug-likeness (QED) is 0.875. The van der Waals surface area contributed by atoms with E-state index in [0.29, 0.717) is 25.6 Å². The van der Waals surface area contributed by atoms with Gasteiger partial charge in [0.2, 0.25) is 5.91 Å². The lowest BCUT2D eigenvalue weighted by Gasteiger charge is -2.26. The number of nitrogens with one attached hydrogen (secondary N) is 1. The van der Waals surface area contributed by atoms with Gasteiger partial charge in [-0.2, -0.15) is 0 Å². The van der Waals surface area contributed by atoms with Gasteiger partial charge in [-0.3, -0.25) is 4.79 Å². The molecular formula is C17H25NO3. The van der Waals surface area contributed by atoms with Crippen LogP contribution in [0, 0.1) is 11.8 Å². The summed E-state index contributed by atoms with van der Waals surface area (Å²) < 4.78 is 11.2. The van der Waals surface area contributed by atoms with E-state index >= 15 is 0 Å². The number of hydrogen-bond acceptors (Lipinski definition) is 3. The van der Waals surface area contributed by atoms with Crippen LogP contribution in [0.2, 0.25) is 0 Å². The molecule has 4 heteroatoms. The summed E-state index contributed by atoms with van der Waals surface area (Å²) in [6, 6.07) is 9.95. The number of amides is 1. The van der Waals surface area contributed by atoms with Crippen molar-refractivity contribution in [1.29, 1.82) is 0 Å². The van der Waals surface area contributed by atoms with Crippen LogP contribution in [0.25, 0.3) is 0 Å². The Hall–Kier alpha value is -1.39. The average Bonchev–Trinajstić information content (AvgIpc) is 3.00. The predicted octanol–water partition coefficient (Wildman–Crippen LogP) is 2.38. The van der Waals surface area contributed by atoms with Gasteiger partial charge in [0.05, 0.1) is 19.3 Å². The maximum Gasteiger partial charge on any atom is 0.223 e. The van der Waals surface area contributed by atoms with E-state index < -0.39 is 0 Å². The number of carbonyl (C=O) groups excluding carboxylic acids is 1. The Morgan fingerprint density at radius 1 is 1.19 bits per heavy atom. The summed E-state index contributed by atoms with van der Waals surface area (Å²) in [6.07, 6.45) is 0.357. The molecule has 4 nitrogen and oxygen atoms in total. The Kier molecular flexibility index (Phi) is 5.76. The van der Waals surface area contributed by atoms with E-state index in [2.05, 4.69) is 31.3 Å². The van der Waals surface area contributed by atoms with Gasteiger partial charge < -0.3 is 14.8 Å². The topological polar surface area (TPSA) is 47.6 Å².